The molecule has 0 aliphatic carbocycles. The van der Waals surface area contributed by atoms with Crippen molar-refractivity contribution in [3.63, 3.8) is 0 Å². The van der Waals surface area contributed by atoms with Crippen molar-refractivity contribution in [3.8, 4) is 0 Å². The Morgan fingerprint density at radius 3 is 2.81 bits per heavy atom. The summed E-state index contributed by atoms with van der Waals surface area (Å²) in [4.78, 5) is 17.1. The number of aryl methyl sites for hydroxylation is 1. The van der Waals surface area contributed by atoms with Crippen molar-refractivity contribution < 1.29 is 4.79 Å². The van der Waals surface area contributed by atoms with Crippen molar-refractivity contribution in [2.75, 3.05) is 27.2 Å². The maximum absolute atomic E-state index is 13.1. The lowest BCUT2D eigenvalue weighted by Crippen LogP contribution is -2.40. The summed E-state index contributed by atoms with van der Waals surface area (Å²) in [5.41, 5.74) is 1.67. The number of rotatable bonds is 6. The van der Waals surface area contributed by atoms with Crippen LogP contribution < -0.4 is 0 Å². The molecule has 0 aromatic carbocycles. The maximum Gasteiger partial charge on any atom is 0.257 e. The quantitative estimate of drug-likeness (QED) is 0.772. The van der Waals surface area contributed by atoms with E-state index in [2.05, 4.69) is 31.7 Å². The Hall–Kier alpha value is -2.22. The van der Waals surface area contributed by atoms with Crippen molar-refractivity contribution in [3.05, 3.63) is 29.1 Å². The van der Waals surface area contributed by atoms with Gasteiger partial charge in [0.25, 0.3) is 5.91 Å². The monoisotopic (exact) mass is 373 g/mol. The third-order valence-electron chi connectivity index (χ3n) is 5.30. The third-order valence-corrected chi connectivity index (χ3v) is 5.30. The minimum atomic E-state index is 0.0789. The second-order valence-electron chi connectivity index (χ2n) is 7.73. The van der Waals surface area contributed by atoms with Crippen LogP contribution in [-0.4, -0.2) is 67.4 Å². The van der Waals surface area contributed by atoms with Crippen molar-refractivity contribution >= 4 is 5.91 Å². The largest absolute Gasteiger partial charge is 0.338 e. The van der Waals surface area contributed by atoms with E-state index in [1.807, 2.05) is 37.6 Å². The first kappa shape index (κ1) is 19.5. The van der Waals surface area contributed by atoms with Crippen molar-refractivity contribution in [2.45, 2.75) is 52.1 Å². The van der Waals surface area contributed by atoms with Crippen LogP contribution in [0.25, 0.3) is 0 Å². The molecule has 0 N–H and O–H groups in total. The second kappa shape index (κ2) is 8.21. The van der Waals surface area contributed by atoms with Crippen LogP contribution in [0.2, 0.25) is 0 Å². The molecule has 3 heterocycles. The smallest absolute Gasteiger partial charge is 0.257 e. The SMILES string of the molecule is CCCn1ncc(C(=O)N2CCCC(c3nnc(CN(C)C)n3C)C2)c1C. The number of aromatic nitrogens is 5. The summed E-state index contributed by atoms with van der Waals surface area (Å²) in [5, 5.41) is 13.2. The van der Waals surface area contributed by atoms with E-state index < -0.39 is 0 Å². The fraction of sp³-hybridized carbons (Fsp3) is 0.684. The van der Waals surface area contributed by atoms with Crippen LogP contribution in [0.15, 0.2) is 6.20 Å². The van der Waals surface area contributed by atoms with Gasteiger partial charge in [0.1, 0.15) is 11.6 Å². The fourth-order valence-electron chi connectivity index (χ4n) is 3.79. The fourth-order valence-corrected chi connectivity index (χ4v) is 3.79. The highest BCUT2D eigenvalue weighted by atomic mass is 16.2. The first-order valence-corrected chi connectivity index (χ1v) is 9.77. The molecule has 3 rings (SSSR count). The number of hydrogen-bond acceptors (Lipinski definition) is 5. The van der Waals surface area contributed by atoms with Crippen LogP contribution >= 0.6 is 0 Å². The molecule has 2 aromatic heterocycles. The van der Waals surface area contributed by atoms with E-state index >= 15 is 0 Å². The van der Waals surface area contributed by atoms with Gasteiger partial charge in [0.15, 0.2) is 0 Å². The number of carbonyl (C=O) groups is 1. The van der Waals surface area contributed by atoms with E-state index in [0.29, 0.717) is 6.54 Å². The molecule has 1 saturated heterocycles. The molecule has 8 nitrogen and oxygen atoms in total. The zero-order valence-corrected chi connectivity index (χ0v) is 17.1. The van der Waals surface area contributed by atoms with E-state index in [9.17, 15) is 4.79 Å². The molecule has 1 amide bonds. The topological polar surface area (TPSA) is 72.1 Å². The van der Waals surface area contributed by atoms with E-state index in [-0.39, 0.29) is 11.8 Å². The molecule has 2 aromatic rings. The van der Waals surface area contributed by atoms with Gasteiger partial charge in [0.05, 0.1) is 18.3 Å². The minimum Gasteiger partial charge on any atom is -0.338 e. The minimum absolute atomic E-state index is 0.0789. The molecule has 1 fully saturated rings. The third kappa shape index (κ3) is 4.05. The summed E-state index contributed by atoms with van der Waals surface area (Å²) in [6, 6.07) is 0. The Morgan fingerprint density at radius 2 is 2.11 bits per heavy atom. The molecule has 27 heavy (non-hydrogen) atoms. The van der Waals surface area contributed by atoms with E-state index in [0.717, 1.165) is 61.8 Å². The number of nitrogens with zero attached hydrogens (tertiary/aromatic N) is 7. The van der Waals surface area contributed by atoms with E-state index in [1.165, 1.54) is 0 Å². The molecule has 0 bridgehead atoms. The summed E-state index contributed by atoms with van der Waals surface area (Å²) in [6.07, 6.45) is 4.73. The highest BCUT2D eigenvalue weighted by molar-refractivity contribution is 5.95. The van der Waals surface area contributed by atoms with Crippen LogP contribution in [0.1, 0.15) is 59.8 Å². The molecule has 1 unspecified atom stereocenters. The number of carbonyl (C=O) groups excluding carboxylic acids is 1. The Balaban J connectivity index is 1.74. The lowest BCUT2D eigenvalue weighted by molar-refractivity contribution is 0.0702. The van der Waals surface area contributed by atoms with Crippen molar-refractivity contribution in [1.29, 1.82) is 0 Å². The van der Waals surface area contributed by atoms with E-state index in [1.54, 1.807) is 6.20 Å². The second-order valence-corrected chi connectivity index (χ2v) is 7.73. The highest BCUT2D eigenvalue weighted by Crippen LogP contribution is 2.27. The van der Waals surface area contributed by atoms with Gasteiger partial charge in [-0.1, -0.05) is 6.92 Å². The van der Waals surface area contributed by atoms with Crippen LogP contribution in [0.3, 0.4) is 0 Å². The Bertz CT molecular complexity index is 792. The molecular weight excluding hydrogens is 342 g/mol. The van der Waals surface area contributed by atoms with Gasteiger partial charge in [0.2, 0.25) is 0 Å². The van der Waals surface area contributed by atoms with Gasteiger partial charge in [-0.25, -0.2) is 0 Å². The van der Waals surface area contributed by atoms with Crippen LogP contribution in [-0.2, 0) is 20.1 Å². The number of likely N-dealkylation sites (tertiary alicyclic amines) is 1. The molecule has 8 heteroatoms. The number of amides is 1. The van der Waals surface area contributed by atoms with E-state index in [4.69, 9.17) is 0 Å². The van der Waals surface area contributed by atoms with Crippen LogP contribution in [0.4, 0.5) is 0 Å². The lowest BCUT2D eigenvalue weighted by Gasteiger charge is -2.32. The number of piperidine rings is 1. The van der Waals surface area contributed by atoms with Crippen LogP contribution in [0, 0.1) is 6.92 Å². The van der Waals surface area contributed by atoms with Gasteiger partial charge in [0, 0.05) is 38.3 Å². The summed E-state index contributed by atoms with van der Waals surface area (Å²) < 4.78 is 4.01. The molecule has 0 radical (unpaired) electrons. The van der Waals surface area contributed by atoms with Gasteiger partial charge in [-0.2, -0.15) is 5.10 Å². The summed E-state index contributed by atoms with van der Waals surface area (Å²) in [6.45, 7) is 7.17. The molecular formula is C19H31N7O. The Morgan fingerprint density at radius 1 is 1.33 bits per heavy atom. The van der Waals surface area contributed by atoms with Gasteiger partial charge in [-0.05, 0) is 40.3 Å². The zero-order chi connectivity index (χ0) is 19.6. The average Bonchev–Trinajstić information content (AvgIpc) is 3.18. The maximum atomic E-state index is 13.1. The molecule has 0 spiro atoms. The average molecular weight is 374 g/mol. The number of hydrogen-bond donors (Lipinski definition) is 0. The Kier molecular flexibility index (Phi) is 5.94. The van der Waals surface area contributed by atoms with Crippen molar-refractivity contribution in [1.82, 2.24) is 34.3 Å². The lowest BCUT2D eigenvalue weighted by atomic mass is 9.96. The predicted molar refractivity (Wildman–Crippen MR) is 104 cm³/mol. The molecule has 1 aliphatic rings. The molecule has 1 atom stereocenters. The highest BCUT2D eigenvalue weighted by Gasteiger charge is 2.30. The first-order chi connectivity index (χ1) is 12.9. The molecule has 1 aliphatic heterocycles. The standard InChI is InChI=1S/C19H31N7O/c1-6-9-26-14(2)16(11-20-26)19(27)25-10-7-8-15(12-25)18-22-21-17(24(18)5)13-23(3)4/h11,15H,6-10,12-13H2,1-5H3. The van der Waals surface area contributed by atoms with Crippen LogP contribution in [0.5, 0.6) is 0 Å². The Labute approximate surface area is 161 Å². The normalized spacial score (nSPS) is 17.7. The summed E-state index contributed by atoms with van der Waals surface area (Å²) in [5.74, 6) is 2.23. The molecule has 0 saturated carbocycles. The van der Waals surface area contributed by atoms with Gasteiger partial charge < -0.3 is 14.4 Å². The summed E-state index contributed by atoms with van der Waals surface area (Å²) >= 11 is 0. The van der Waals surface area contributed by atoms with Gasteiger partial charge in [-0.15, -0.1) is 10.2 Å². The first-order valence-electron chi connectivity index (χ1n) is 9.77. The summed E-state index contributed by atoms with van der Waals surface area (Å²) in [7, 11) is 6.07. The predicted octanol–water partition coefficient (Wildman–Crippen LogP) is 1.81. The van der Waals surface area contributed by atoms with Gasteiger partial charge >= 0.3 is 0 Å². The van der Waals surface area contributed by atoms with Gasteiger partial charge in [-0.3, -0.25) is 9.48 Å². The zero-order valence-electron chi connectivity index (χ0n) is 17.1. The van der Waals surface area contributed by atoms with Crippen molar-refractivity contribution in [2.24, 2.45) is 7.05 Å². The molecule has 148 valence electrons.